The number of hydrogen-bond acceptors (Lipinski definition) is 5. The van der Waals surface area contributed by atoms with Crippen molar-refractivity contribution in [2.24, 2.45) is 0 Å². The van der Waals surface area contributed by atoms with Gasteiger partial charge in [0.25, 0.3) is 5.91 Å². The van der Waals surface area contributed by atoms with Crippen LogP contribution in [0.1, 0.15) is 23.3 Å². The van der Waals surface area contributed by atoms with Crippen LogP contribution in [0, 0.1) is 6.92 Å². The summed E-state index contributed by atoms with van der Waals surface area (Å²) in [5.74, 6) is 0.635. The molecule has 5 nitrogen and oxygen atoms in total. The van der Waals surface area contributed by atoms with E-state index in [0.29, 0.717) is 32.1 Å². The summed E-state index contributed by atoms with van der Waals surface area (Å²) >= 11 is 1.68. The lowest BCUT2D eigenvalue weighted by Crippen LogP contribution is -2.39. The number of aryl methyl sites for hydroxylation is 1. The second-order valence-electron chi connectivity index (χ2n) is 6.50. The van der Waals surface area contributed by atoms with Gasteiger partial charge in [-0.1, -0.05) is 0 Å². The van der Waals surface area contributed by atoms with Crippen LogP contribution < -0.4 is 4.74 Å². The molecular formula is C19H21NO4S. The zero-order valence-corrected chi connectivity index (χ0v) is 15.0. The van der Waals surface area contributed by atoms with E-state index in [9.17, 15) is 9.90 Å². The highest BCUT2D eigenvalue weighted by molar-refractivity contribution is 7.15. The van der Waals surface area contributed by atoms with Crippen LogP contribution in [0.3, 0.4) is 0 Å². The molecule has 1 atom stereocenters. The Hall–Kier alpha value is -2.05. The van der Waals surface area contributed by atoms with Crippen LogP contribution in [-0.2, 0) is 16.1 Å². The number of aromatic hydroxyl groups is 1. The topological polar surface area (TPSA) is 59.0 Å². The molecule has 6 heteroatoms. The molecule has 2 aromatic rings. The molecule has 132 valence electrons. The highest BCUT2D eigenvalue weighted by Gasteiger charge is 2.30. The molecule has 0 unspecified atom stereocenters. The van der Waals surface area contributed by atoms with Crippen molar-refractivity contribution in [3.8, 4) is 21.9 Å². The average Bonchev–Trinajstić information content (AvgIpc) is 3.22. The van der Waals surface area contributed by atoms with Crippen LogP contribution in [-0.4, -0.2) is 41.8 Å². The quantitative estimate of drug-likeness (QED) is 0.894. The number of phenols is 1. The normalized spacial score (nSPS) is 20.0. The van der Waals surface area contributed by atoms with Gasteiger partial charge in [0.05, 0.1) is 6.54 Å². The smallest absolute Gasteiger partial charge is 0.252 e. The number of carbonyl (C=O) groups excluding carboxylic acids is 1. The van der Waals surface area contributed by atoms with Crippen LogP contribution in [0.5, 0.6) is 11.5 Å². The molecule has 1 N–H and O–H groups in total. The summed E-state index contributed by atoms with van der Waals surface area (Å²) in [4.78, 5) is 16.8. The lowest BCUT2D eigenvalue weighted by Gasteiger charge is -2.23. The molecular weight excluding hydrogens is 338 g/mol. The van der Waals surface area contributed by atoms with Crippen LogP contribution >= 0.6 is 11.3 Å². The van der Waals surface area contributed by atoms with Crippen molar-refractivity contribution < 1.29 is 19.4 Å². The van der Waals surface area contributed by atoms with Crippen molar-refractivity contribution >= 4 is 17.2 Å². The van der Waals surface area contributed by atoms with Crippen molar-refractivity contribution in [2.75, 3.05) is 19.8 Å². The molecule has 0 bridgehead atoms. The molecule has 1 amide bonds. The summed E-state index contributed by atoms with van der Waals surface area (Å²) in [5, 5.41) is 10.4. The van der Waals surface area contributed by atoms with Gasteiger partial charge in [-0.25, -0.2) is 0 Å². The summed E-state index contributed by atoms with van der Waals surface area (Å²) < 4.78 is 11.3. The minimum Gasteiger partial charge on any atom is -0.504 e. The number of amides is 1. The molecule has 0 saturated carbocycles. The number of thiophene rings is 1. The fourth-order valence-electron chi connectivity index (χ4n) is 3.40. The minimum absolute atomic E-state index is 0.0193. The van der Waals surface area contributed by atoms with Crippen LogP contribution in [0.4, 0.5) is 0 Å². The van der Waals surface area contributed by atoms with Gasteiger partial charge in [0.2, 0.25) is 0 Å². The lowest BCUT2D eigenvalue weighted by molar-refractivity contribution is -0.141. The second kappa shape index (κ2) is 6.69. The van der Waals surface area contributed by atoms with Crippen molar-refractivity contribution in [3.63, 3.8) is 0 Å². The first-order valence-electron chi connectivity index (χ1n) is 8.58. The van der Waals surface area contributed by atoms with Crippen molar-refractivity contribution in [2.45, 2.75) is 32.4 Å². The van der Waals surface area contributed by atoms with Crippen molar-refractivity contribution in [1.82, 2.24) is 4.90 Å². The molecule has 1 saturated heterocycles. The maximum atomic E-state index is 12.7. The number of ether oxygens (including phenoxy) is 2. The van der Waals surface area contributed by atoms with E-state index in [2.05, 4.69) is 13.0 Å². The Balaban J connectivity index is 1.65. The van der Waals surface area contributed by atoms with Gasteiger partial charge in [-0.15, -0.1) is 11.3 Å². The number of hydrogen-bond donors (Lipinski definition) is 1. The minimum atomic E-state index is -0.335. The molecule has 1 fully saturated rings. The Bertz CT molecular complexity index is 795. The highest BCUT2D eigenvalue weighted by atomic mass is 32.1. The first-order chi connectivity index (χ1) is 12.1. The molecule has 25 heavy (non-hydrogen) atoms. The van der Waals surface area contributed by atoms with Crippen molar-refractivity contribution in [3.05, 3.63) is 34.7 Å². The van der Waals surface area contributed by atoms with Crippen LogP contribution in [0.2, 0.25) is 0 Å². The number of nitrogens with zero attached hydrogens (tertiary/aromatic N) is 1. The predicted molar refractivity (Wildman–Crippen MR) is 96.0 cm³/mol. The summed E-state index contributed by atoms with van der Waals surface area (Å²) in [7, 11) is 0. The zero-order valence-electron chi connectivity index (χ0n) is 14.2. The number of phenolic OH excluding ortho intramolecular Hbond substituents is 1. The first-order valence-corrected chi connectivity index (χ1v) is 9.39. The van der Waals surface area contributed by atoms with Crippen LogP contribution in [0.25, 0.3) is 10.4 Å². The van der Waals surface area contributed by atoms with Gasteiger partial charge in [0.1, 0.15) is 12.7 Å². The van der Waals surface area contributed by atoms with Gasteiger partial charge in [-0.05, 0) is 49.6 Å². The van der Waals surface area contributed by atoms with Crippen molar-refractivity contribution in [1.29, 1.82) is 0 Å². The number of fused-ring (bicyclic) bond motifs is 1. The lowest BCUT2D eigenvalue weighted by atomic mass is 10.1. The molecule has 3 heterocycles. The Labute approximate surface area is 150 Å². The van der Waals surface area contributed by atoms with E-state index >= 15 is 0 Å². The highest BCUT2D eigenvalue weighted by Crippen LogP contribution is 2.39. The summed E-state index contributed by atoms with van der Waals surface area (Å²) in [6.07, 6.45) is 1.38. The maximum Gasteiger partial charge on any atom is 0.252 e. The van der Waals surface area contributed by atoms with Gasteiger partial charge < -0.3 is 19.5 Å². The number of rotatable bonds is 2. The molecule has 2 aliphatic heterocycles. The Kier molecular flexibility index (Phi) is 4.39. The van der Waals surface area contributed by atoms with Gasteiger partial charge in [0.15, 0.2) is 11.5 Å². The van der Waals surface area contributed by atoms with E-state index < -0.39 is 0 Å². The molecule has 0 aliphatic carbocycles. The van der Waals surface area contributed by atoms with E-state index in [-0.39, 0.29) is 17.8 Å². The third-order valence-electron chi connectivity index (χ3n) is 4.66. The Morgan fingerprint density at radius 1 is 1.32 bits per heavy atom. The van der Waals surface area contributed by atoms with E-state index in [1.165, 1.54) is 4.88 Å². The van der Waals surface area contributed by atoms with Gasteiger partial charge in [-0.2, -0.15) is 0 Å². The molecule has 0 spiro atoms. The molecule has 0 radical (unpaired) electrons. The fourth-order valence-corrected chi connectivity index (χ4v) is 4.25. The average molecular weight is 359 g/mol. The second-order valence-corrected chi connectivity index (χ2v) is 7.79. The standard InChI is InChI=1S/C19H21NO4S/c1-12-4-5-17(25-12)13-9-14-11-20(19(22)16-3-2-7-23-16)6-8-24-18(14)15(21)10-13/h4-5,9-10,16,21H,2-3,6-8,11H2,1H3/t16-/m0/s1. The van der Waals surface area contributed by atoms with E-state index in [1.54, 1.807) is 22.3 Å². The Morgan fingerprint density at radius 3 is 2.92 bits per heavy atom. The third-order valence-corrected chi connectivity index (χ3v) is 5.71. The monoisotopic (exact) mass is 359 g/mol. The van der Waals surface area contributed by atoms with E-state index in [0.717, 1.165) is 28.8 Å². The molecule has 4 rings (SSSR count). The molecule has 1 aromatic heterocycles. The molecule has 1 aromatic carbocycles. The van der Waals surface area contributed by atoms with E-state index in [1.807, 2.05) is 12.1 Å². The van der Waals surface area contributed by atoms with E-state index in [4.69, 9.17) is 9.47 Å². The molecule has 2 aliphatic rings. The fraction of sp³-hybridized carbons (Fsp3) is 0.421. The summed E-state index contributed by atoms with van der Waals surface area (Å²) in [6, 6.07) is 7.86. The van der Waals surface area contributed by atoms with Gasteiger partial charge in [-0.3, -0.25) is 4.79 Å². The largest absolute Gasteiger partial charge is 0.504 e. The predicted octanol–water partition coefficient (Wildman–Crippen LogP) is 3.33. The van der Waals surface area contributed by atoms with Crippen LogP contribution in [0.15, 0.2) is 24.3 Å². The third kappa shape index (κ3) is 3.24. The summed E-state index contributed by atoms with van der Waals surface area (Å²) in [6.45, 7) is 4.01. The first kappa shape index (κ1) is 16.4. The SMILES string of the molecule is Cc1ccc(-c2cc(O)c3c(c2)CN(C(=O)[C@@H]2CCCO2)CCO3)s1. The number of benzene rings is 1. The maximum absolute atomic E-state index is 12.7. The van der Waals surface area contributed by atoms with Gasteiger partial charge >= 0.3 is 0 Å². The van der Waals surface area contributed by atoms with Gasteiger partial charge in [0, 0.05) is 28.5 Å². The zero-order chi connectivity index (χ0) is 17.4. The number of carbonyl (C=O) groups is 1. The summed E-state index contributed by atoms with van der Waals surface area (Å²) in [5.41, 5.74) is 1.79. The Morgan fingerprint density at radius 2 is 2.20 bits per heavy atom.